The van der Waals surface area contributed by atoms with Gasteiger partial charge in [0.1, 0.15) is 5.82 Å². The molecule has 0 atom stereocenters. The summed E-state index contributed by atoms with van der Waals surface area (Å²) in [6.45, 7) is 0. The van der Waals surface area contributed by atoms with Gasteiger partial charge in [0.05, 0.1) is 16.8 Å². The topological polar surface area (TPSA) is 64.0 Å². The maximum absolute atomic E-state index is 12.4. The van der Waals surface area contributed by atoms with Crippen molar-refractivity contribution in [3.63, 3.8) is 0 Å². The number of hydrogen-bond acceptors (Lipinski definition) is 3. The zero-order chi connectivity index (χ0) is 20.3. The minimum Gasteiger partial charge on any atom is -0.331 e. The van der Waals surface area contributed by atoms with Gasteiger partial charge in [-0.1, -0.05) is 54.6 Å². The third-order valence-corrected chi connectivity index (χ3v) is 6.20. The Labute approximate surface area is 171 Å². The molecule has 3 aromatic carbocycles. The standard InChI is InChI=1S/C23H23N3O2S/c1-26-22-10-6-5-9-21(22)24-23(26)16-13-18-11-14-20(15-12-18)25-29(27,28)17-19-7-3-2-4-8-19/h2-12,14-15,25H,13,16-17H2,1H3. The van der Waals surface area contributed by atoms with E-state index in [2.05, 4.69) is 15.4 Å². The molecule has 0 bridgehead atoms. The summed E-state index contributed by atoms with van der Waals surface area (Å²) < 4.78 is 29.5. The van der Waals surface area contributed by atoms with Crippen molar-refractivity contribution in [2.45, 2.75) is 18.6 Å². The van der Waals surface area contributed by atoms with Crippen molar-refractivity contribution in [1.29, 1.82) is 0 Å². The highest BCUT2D eigenvalue weighted by Gasteiger charge is 2.12. The number of sulfonamides is 1. The summed E-state index contributed by atoms with van der Waals surface area (Å²) in [5, 5.41) is 0. The normalized spacial score (nSPS) is 11.6. The van der Waals surface area contributed by atoms with Gasteiger partial charge in [0.25, 0.3) is 0 Å². The van der Waals surface area contributed by atoms with Crippen molar-refractivity contribution < 1.29 is 8.42 Å². The number of para-hydroxylation sites is 2. The number of nitrogens with one attached hydrogen (secondary N) is 1. The molecule has 1 N–H and O–H groups in total. The van der Waals surface area contributed by atoms with Gasteiger partial charge in [0.2, 0.25) is 10.0 Å². The zero-order valence-electron chi connectivity index (χ0n) is 16.2. The first kappa shape index (κ1) is 19.2. The van der Waals surface area contributed by atoms with Crippen LogP contribution in [0.15, 0.2) is 78.9 Å². The van der Waals surface area contributed by atoms with Crippen LogP contribution in [-0.4, -0.2) is 18.0 Å². The van der Waals surface area contributed by atoms with Crippen LogP contribution < -0.4 is 4.72 Å². The van der Waals surface area contributed by atoms with Gasteiger partial charge < -0.3 is 4.57 Å². The maximum atomic E-state index is 12.4. The molecule has 0 fully saturated rings. The Bertz CT molecular complexity index is 1210. The van der Waals surface area contributed by atoms with Crippen LogP contribution in [0.3, 0.4) is 0 Å². The molecule has 0 aliphatic rings. The fourth-order valence-electron chi connectivity index (χ4n) is 3.42. The van der Waals surface area contributed by atoms with Crippen LogP contribution in [0, 0.1) is 0 Å². The van der Waals surface area contributed by atoms with E-state index in [1.165, 1.54) is 0 Å². The van der Waals surface area contributed by atoms with Crippen molar-refractivity contribution in [2.75, 3.05) is 4.72 Å². The van der Waals surface area contributed by atoms with Crippen molar-refractivity contribution >= 4 is 26.7 Å². The van der Waals surface area contributed by atoms with E-state index in [0.29, 0.717) is 5.69 Å². The van der Waals surface area contributed by atoms with Gasteiger partial charge in [0, 0.05) is 19.2 Å². The summed E-state index contributed by atoms with van der Waals surface area (Å²) >= 11 is 0. The van der Waals surface area contributed by atoms with E-state index in [0.717, 1.165) is 40.8 Å². The molecule has 0 unspecified atom stereocenters. The van der Waals surface area contributed by atoms with E-state index in [9.17, 15) is 8.42 Å². The van der Waals surface area contributed by atoms with Crippen LogP contribution in [0.25, 0.3) is 11.0 Å². The Balaban J connectivity index is 1.39. The largest absolute Gasteiger partial charge is 0.331 e. The SMILES string of the molecule is Cn1c(CCc2ccc(NS(=O)(=O)Cc3ccccc3)cc2)nc2ccccc21. The molecule has 0 saturated carbocycles. The van der Waals surface area contributed by atoms with E-state index >= 15 is 0 Å². The quantitative estimate of drug-likeness (QED) is 0.499. The lowest BCUT2D eigenvalue weighted by atomic mass is 10.1. The maximum Gasteiger partial charge on any atom is 0.236 e. The first-order chi connectivity index (χ1) is 14.0. The minimum atomic E-state index is -3.44. The molecule has 1 aromatic heterocycles. The van der Waals surface area contributed by atoms with Crippen LogP contribution in [-0.2, 0) is 35.7 Å². The molecular weight excluding hydrogens is 382 g/mol. The molecule has 0 saturated heterocycles. The first-order valence-electron chi connectivity index (χ1n) is 9.54. The van der Waals surface area contributed by atoms with Gasteiger partial charge in [-0.2, -0.15) is 0 Å². The van der Waals surface area contributed by atoms with Crippen molar-refractivity contribution in [3.8, 4) is 0 Å². The lowest BCUT2D eigenvalue weighted by Crippen LogP contribution is -2.15. The number of aromatic nitrogens is 2. The van der Waals surface area contributed by atoms with Gasteiger partial charge in [0.15, 0.2) is 0 Å². The van der Waals surface area contributed by atoms with Crippen molar-refractivity contribution in [1.82, 2.24) is 9.55 Å². The number of imidazole rings is 1. The fraction of sp³-hybridized carbons (Fsp3) is 0.174. The number of anilines is 1. The highest BCUT2D eigenvalue weighted by molar-refractivity contribution is 7.91. The molecule has 0 aliphatic carbocycles. The molecule has 4 aromatic rings. The average Bonchev–Trinajstić information content (AvgIpc) is 3.03. The summed E-state index contributed by atoms with van der Waals surface area (Å²) in [6.07, 6.45) is 1.67. The van der Waals surface area contributed by atoms with Crippen molar-refractivity contribution in [2.24, 2.45) is 7.05 Å². The van der Waals surface area contributed by atoms with Crippen molar-refractivity contribution in [3.05, 3.63) is 95.8 Å². The van der Waals surface area contributed by atoms with E-state index in [1.807, 2.05) is 79.8 Å². The van der Waals surface area contributed by atoms with Gasteiger partial charge in [-0.05, 0) is 41.8 Å². The molecule has 0 amide bonds. The van der Waals surface area contributed by atoms with Crippen LogP contribution >= 0.6 is 0 Å². The van der Waals surface area contributed by atoms with Gasteiger partial charge in [-0.15, -0.1) is 0 Å². The summed E-state index contributed by atoms with van der Waals surface area (Å²) in [5.74, 6) is 1.00. The highest BCUT2D eigenvalue weighted by Crippen LogP contribution is 2.18. The second-order valence-corrected chi connectivity index (χ2v) is 8.84. The third kappa shape index (κ3) is 4.66. The van der Waals surface area contributed by atoms with E-state index < -0.39 is 10.0 Å². The van der Waals surface area contributed by atoms with Crippen LogP contribution in [0.2, 0.25) is 0 Å². The Hall–Kier alpha value is -3.12. The average molecular weight is 406 g/mol. The third-order valence-electron chi connectivity index (χ3n) is 4.94. The molecule has 148 valence electrons. The van der Waals surface area contributed by atoms with Crippen LogP contribution in [0.1, 0.15) is 17.0 Å². The van der Waals surface area contributed by atoms with E-state index in [4.69, 9.17) is 4.98 Å². The molecule has 4 rings (SSSR count). The Kier molecular flexibility index (Phi) is 5.36. The molecule has 5 nitrogen and oxygen atoms in total. The Morgan fingerprint density at radius 2 is 1.52 bits per heavy atom. The van der Waals surface area contributed by atoms with E-state index in [-0.39, 0.29) is 5.75 Å². The lowest BCUT2D eigenvalue weighted by Gasteiger charge is -2.09. The smallest absolute Gasteiger partial charge is 0.236 e. The summed E-state index contributed by atoms with van der Waals surface area (Å²) in [6, 6.07) is 24.8. The Morgan fingerprint density at radius 3 is 2.24 bits per heavy atom. The second kappa shape index (κ2) is 8.09. The molecule has 0 aliphatic heterocycles. The molecular formula is C23H23N3O2S. The second-order valence-electron chi connectivity index (χ2n) is 7.12. The monoisotopic (exact) mass is 405 g/mol. The number of fused-ring (bicyclic) bond motifs is 1. The van der Waals surface area contributed by atoms with Crippen LogP contribution in [0.5, 0.6) is 0 Å². The molecule has 1 heterocycles. The number of aryl methyl sites for hydroxylation is 3. The zero-order valence-corrected chi connectivity index (χ0v) is 17.1. The predicted molar refractivity (Wildman–Crippen MR) is 117 cm³/mol. The summed E-state index contributed by atoms with van der Waals surface area (Å²) in [5.41, 5.74) is 4.62. The first-order valence-corrected chi connectivity index (χ1v) is 11.2. The van der Waals surface area contributed by atoms with E-state index in [1.54, 1.807) is 0 Å². The van der Waals surface area contributed by atoms with Crippen LogP contribution in [0.4, 0.5) is 5.69 Å². The molecule has 0 spiro atoms. The van der Waals surface area contributed by atoms with Gasteiger partial charge >= 0.3 is 0 Å². The minimum absolute atomic E-state index is 0.0394. The summed E-state index contributed by atoms with van der Waals surface area (Å²) in [4.78, 5) is 4.70. The lowest BCUT2D eigenvalue weighted by molar-refractivity contribution is 0.600. The molecule has 29 heavy (non-hydrogen) atoms. The number of rotatable bonds is 7. The predicted octanol–water partition coefficient (Wildman–Crippen LogP) is 4.30. The number of hydrogen-bond donors (Lipinski definition) is 1. The molecule has 6 heteroatoms. The fourth-order valence-corrected chi connectivity index (χ4v) is 4.62. The molecule has 0 radical (unpaired) electrons. The summed E-state index contributed by atoms with van der Waals surface area (Å²) in [7, 11) is -1.40. The Morgan fingerprint density at radius 1 is 0.828 bits per heavy atom. The van der Waals surface area contributed by atoms with Gasteiger partial charge in [-0.25, -0.2) is 13.4 Å². The van der Waals surface area contributed by atoms with Gasteiger partial charge in [-0.3, -0.25) is 4.72 Å². The number of benzene rings is 3. The number of nitrogens with zero attached hydrogens (tertiary/aromatic N) is 2. The highest BCUT2D eigenvalue weighted by atomic mass is 32.2.